The molecule has 0 radical (unpaired) electrons. The smallest absolute Gasteiger partial charge is 0.260 e. The van der Waals surface area contributed by atoms with E-state index in [4.69, 9.17) is 4.99 Å². The Morgan fingerprint density at radius 2 is 2.15 bits per heavy atom. The number of rotatable bonds is 3. The SMILES string of the molecule is CCc1n[nH]c2c1C(=O)N(C1CCSC(O)C1)CC(c1ccccc1)=N2. The molecule has 0 bridgehead atoms. The Labute approximate surface area is 156 Å². The van der Waals surface area contributed by atoms with Gasteiger partial charge in [-0.25, -0.2) is 4.99 Å². The number of hydrogen-bond acceptors (Lipinski definition) is 5. The number of nitrogens with one attached hydrogen (secondary N) is 1. The Kier molecular flexibility index (Phi) is 4.82. The first-order valence-corrected chi connectivity index (χ1v) is 10.0. The number of aliphatic hydroxyl groups is 1. The molecule has 0 aliphatic carbocycles. The Hall–Kier alpha value is -2.12. The van der Waals surface area contributed by atoms with Crippen LogP contribution < -0.4 is 0 Å². The van der Waals surface area contributed by atoms with Crippen LogP contribution in [0.4, 0.5) is 5.82 Å². The number of aromatic nitrogens is 2. The molecule has 0 saturated carbocycles. The summed E-state index contributed by atoms with van der Waals surface area (Å²) < 4.78 is 0. The fraction of sp³-hybridized carbons (Fsp3) is 0.421. The predicted molar refractivity (Wildman–Crippen MR) is 103 cm³/mol. The fourth-order valence-electron chi connectivity index (χ4n) is 3.60. The van der Waals surface area contributed by atoms with E-state index in [0.717, 1.165) is 29.1 Å². The molecule has 2 N–H and O–H groups in total. The van der Waals surface area contributed by atoms with Crippen molar-refractivity contribution < 1.29 is 9.90 Å². The summed E-state index contributed by atoms with van der Waals surface area (Å²) in [6.45, 7) is 2.43. The number of fused-ring (bicyclic) bond motifs is 1. The number of benzene rings is 1. The maximum Gasteiger partial charge on any atom is 0.260 e. The maximum atomic E-state index is 13.4. The molecule has 0 spiro atoms. The van der Waals surface area contributed by atoms with Gasteiger partial charge in [0.15, 0.2) is 5.82 Å². The third kappa shape index (κ3) is 3.17. The zero-order valence-electron chi connectivity index (χ0n) is 14.7. The van der Waals surface area contributed by atoms with Crippen LogP contribution in [0.2, 0.25) is 0 Å². The van der Waals surface area contributed by atoms with Crippen molar-refractivity contribution in [2.45, 2.75) is 37.7 Å². The average molecular weight is 370 g/mol. The van der Waals surface area contributed by atoms with Gasteiger partial charge in [-0.2, -0.15) is 5.10 Å². The van der Waals surface area contributed by atoms with E-state index in [1.807, 2.05) is 42.2 Å². The van der Waals surface area contributed by atoms with Crippen LogP contribution in [0.15, 0.2) is 35.3 Å². The molecule has 2 aliphatic heterocycles. The summed E-state index contributed by atoms with van der Waals surface area (Å²) in [4.78, 5) is 20.0. The Morgan fingerprint density at radius 3 is 2.88 bits per heavy atom. The zero-order valence-corrected chi connectivity index (χ0v) is 15.5. The second-order valence-corrected chi connectivity index (χ2v) is 7.89. The lowest BCUT2D eigenvalue weighted by molar-refractivity contribution is 0.0664. The summed E-state index contributed by atoms with van der Waals surface area (Å²) in [6.07, 6.45) is 2.14. The second-order valence-electron chi connectivity index (χ2n) is 6.61. The highest BCUT2D eigenvalue weighted by molar-refractivity contribution is 7.99. The molecule has 2 atom stereocenters. The minimum absolute atomic E-state index is 0.0122. The van der Waals surface area contributed by atoms with Crippen LogP contribution in [0.25, 0.3) is 0 Å². The first-order valence-electron chi connectivity index (χ1n) is 8.98. The fourth-order valence-corrected chi connectivity index (χ4v) is 4.64. The summed E-state index contributed by atoms with van der Waals surface area (Å²) in [5.74, 6) is 1.36. The van der Waals surface area contributed by atoms with Crippen molar-refractivity contribution in [1.29, 1.82) is 0 Å². The number of nitrogens with zero attached hydrogens (tertiary/aromatic N) is 3. The molecule has 26 heavy (non-hydrogen) atoms. The van der Waals surface area contributed by atoms with Gasteiger partial charge >= 0.3 is 0 Å². The minimum Gasteiger partial charge on any atom is -0.382 e. The third-order valence-corrected chi connectivity index (χ3v) is 6.03. The third-order valence-electron chi connectivity index (χ3n) is 4.98. The lowest BCUT2D eigenvalue weighted by atomic mass is 10.0. The summed E-state index contributed by atoms with van der Waals surface area (Å²) >= 11 is 1.55. The van der Waals surface area contributed by atoms with Crippen molar-refractivity contribution in [3.05, 3.63) is 47.2 Å². The summed E-state index contributed by atoms with van der Waals surface area (Å²) in [5, 5.41) is 17.3. The van der Waals surface area contributed by atoms with E-state index in [-0.39, 0.29) is 11.9 Å². The van der Waals surface area contributed by atoms with Crippen LogP contribution in [0.1, 0.15) is 41.4 Å². The second kappa shape index (κ2) is 7.25. The van der Waals surface area contributed by atoms with Crippen molar-refractivity contribution in [2.75, 3.05) is 12.3 Å². The van der Waals surface area contributed by atoms with E-state index in [1.54, 1.807) is 11.8 Å². The molecule has 136 valence electrons. The van der Waals surface area contributed by atoms with E-state index in [9.17, 15) is 9.90 Å². The Balaban J connectivity index is 1.78. The van der Waals surface area contributed by atoms with E-state index in [2.05, 4.69) is 10.2 Å². The molecule has 2 aromatic rings. The van der Waals surface area contributed by atoms with Gasteiger partial charge < -0.3 is 10.0 Å². The van der Waals surface area contributed by atoms with Gasteiger partial charge in [0.25, 0.3) is 5.91 Å². The largest absolute Gasteiger partial charge is 0.382 e. The van der Waals surface area contributed by atoms with Crippen LogP contribution in [0.3, 0.4) is 0 Å². The van der Waals surface area contributed by atoms with Crippen molar-refractivity contribution >= 4 is 29.2 Å². The Morgan fingerprint density at radius 1 is 1.35 bits per heavy atom. The van der Waals surface area contributed by atoms with Crippen LogP contribution in [0.5, 0.6) is 0 Å². The molecule has 2 aliphatic rings. The highest BCUT2D eigenvalue weighted by Crippen LogP contribution is 2.32. The van der Waals surface area contributed by atoms with E-state index in [0.29, 0.717) is 30.8 Å². The van der Waals surface area contributed by atoms with Crippen LogP contribution in [-0.2, 0) is 6.42 Å². The first kappa shape index (κ1) is 17.3. The molecular formula is C19H22N4O2S. The molecular weight excluding hydrogens is 348 g/mol. The van der Waals surface area contributed by atoms with Crippen LogP contribution >= 0.6 is 11.8 Å². The average Bonchev–Trinajstić information content (AvgIpc) is 3.01. The summed E-state index contributed by atoms with van der Waals surface area (Å²) in [6, 6.07) is 9.94. The summed E-state index contributed by atoms with van der Waals surface area (Å²) in [7, 11) is 0. The van der Waals surface area contributed by atoms with E-state index in [1.165, 1.54) is 0 Å². The van der Waals surface area contributed by atoms with E-state index >= 15 is 0 Å². The number of aryl methyl sites for hydroxylation is 1. The number of carbonyl (C=O) groups excluding carboxylic acids is 1. The monoisotopic (exact) mass is 370 g/mol. The van der Waals surface area contributed by atoms with Crippen molar-refractivity contribution in [1.82, 2.24) is 15.1 Å². The number of thioether (sulfide) groups is 1. The lowest BCUT2D eigenvalue weighted by Gasteiger charge is -2.35. The molecule has 1 saturated heterocycles. The molecule has 3 heterocycles. The zero-order chi connectivity index (χ0) is 18.1. The number of aliphatic hydroxyl groups excluding tert-OH is 1. The van der Waals surface area contributed by atoms with Gasteiger partial charge in [0.2, 0.25) is 0 Å². The van der Waals surface area contributed by atoms with Gasteiger partial charge in [-0.3, -0.25) is 9.89 Å². The van der Waals surface area contributed by atoms with Gasteiger partial charge in [-0.1, -0.05) is 37.3 Å². The predicted octanol–water partition coefficient (Wildman–Crippen LogP) is 2.76. The summed E-state index contributed by atoms with van der Waals surface area (Å²) in [5.41, 5.74) is 2.74. The van der Waals surface area contributed by atoms with Gasteiger partial charge in [0.1, 0.15) is 11.0 Å². The number of amides is 1. The standard InChI is InChI=1S/C19H22N4O2S/c1-2-14-17-18(22-21-14)20-15(12-6-4-3-5-7-12)11-23(19(17)25)13-8-9-26-16(24)10-13/h3-7,13,16,24H,2,8-11H2,1H3,(H,21,22). The number of aromatic amines is 1. The molecule has 4 rings (SSSR count). The Bertz CT molecular complexity index is 833. The number of hydrogen-bond donors (Lipinski definition) is 2. The number of aliphatic imine (C=N–C) groups is 1. The number of carbonyl (C=O) groups is 1. The van der Waals surface area contributed by atoms with Crippen LogP contribution in [0, 0.1) is 0 Å². The quantitative estimate of drug-likeness (QED) is 0.870. The molecule has 6 nitrogen and oxygen atoms in total. The van der Waals surface area contributed by atoms with Crippen molar-refractivity contribution in [2.24, 2.45) is 4.99 Å². The normalized spacial score (nSPS) is 23.4. The van der Waals surface area contributed by atoms with Gasteiger partial charge in [0.05, 0.1) is 18.0 Å². The van der Waals surface area contributed by atoms with Gasteiger partial charge in [-0.05, 0) is 24.2 Å². The van der Waals surface area contributed by atoms with Crippen LogP contribution in [-0.4, -0.2) is 55.6 Å². The molecule has 2 unspecified atom stereocenters. The number of H-pyrrole nitrogens is 1. The molecule has 1 fully saturated rings. The van der Waals surface area contributed by atoms with Gasteiger partial charge in [-0.15, -0.1) is 11.8 Å². The maximum absolute atomic E-state index is 13.4. The minimum atomic E-state index is -0.420. The topological polar surface area (TPSA) is 81.6 Å². The molecule has 1 amide bonds. The van der Waals surface area contributed by atoms with Gasteiger partial charge in [0, 0.05) is 12.5 Å². The van der Waals surface area contributed by atoms with E-state index < -0.39 is 5.44 Å². The highest BCUT2D eigenvalue weighted by Gasteiger charge is 2.35. The van der Waals surface area contributed by atoms with Crippen molar-refractivity contribution in [3.63, 3.8) is 0 Å². The first-order chi connectivity index (χ1) is 12.7. The molecule has 1 aromatic carbocycles. The van der Waals surface area contributed by atoms with Crippen molar-refractivity contribution in [3.8, 4) is 0 Å². The molecule has 1 aromatic heterocycles. The lowest BCUT2D eigenvalue weighted by Crippen LogP contribution is -2.46. The molecule has 7 heteroatoms. The highest BCUT2D eigenvalue weighted by atomic mass is 32.2.